The number of para-hydroxylation sites is 1. The molecule has 4 N–H and O–H groups in total. The zero-order chi connectivity index (χ0) is 11.4. The van der Waals surface area contributed by atoms with Gasteiger partial charge in [-0.25, -0.2) is 4.39 Å². The van der Waals surface area contributed by atoms with E-state index in [0.29, 0.717) is 0 Å². The molecule has 0 fully saturated rings. The number of methoxy groups -OCH3 is 1. The second-order valence-corrected chi connectivity index (χ2v) is 3.11. The van der Waals surface area contributed by atoms with Crippen LogP contribution >= 0.6 is 0 Å². The lowest BCUT2D eigenvalue weighted by molar-refractivity contribution is 0.0226. The summed E-state index contributed by atoms with van der Waals surface area (Å²) in [5.41, 5.74) is 5.39. The van der Waals surface area contributed by atoms with E-state index in [2.05, 4.69) is 0 Å². The van der Waals surface area contributed by atoms with Crippen molar-refractivity contribution in [2.24, 2.45) is 5.73 Å². The summed E-state index contributed by atoms with van der Waals surface area (Å²) in [5, 5.41) is 19.0. The number of rotatable bonds is 4. The first-order valence-electron chi connectivity index (χ1n) is 4.50. The third-order valence-corrected chi connectivity index (χ3v) is 2.13. The van der Waals surface area contributed by atoms with E-state index in [9.17, 15) is 14.6 Å². The highest BCUT2D eigenvalue weighted by atomic mass is 19.1. The van der Waals surface area contributed by atoms with Crippen LogP contribution in [0.4, 0.5) is 4.39 Å². The molecule has 1 rings (SSSR count). The van der Waals surface area contributed by atoms with Crippen LogP contribution in [0.2, 0.25) is 0 Å². The molecule has 0 radical (unpaired) electrons. The first-order valence-corrected chi connectivity index (χ1v) is 4.50. The van der Waals surface area contributed by atoms with Crippen LogP contribution in [0.3, 0.4) is 0 Å². The van der Waals surface area contributed by atoms with Crippen LogP contribution in [-0.4, -0.2) is 30.0 Å². The number of ether oxygens (including phenoxy) is 1. The third kappa shape index (κ3) is 2.44. The molecular weight excluding hydrogens is 201 g/mol. The Morgan fingerprint density at radius 1 is 1.47 bits per heavy atom. The minimum Gasteiger partial charge on any atom is -0.493 e. The Morgan fingerprint density at radius 3 is 2.67 bits per heavy atom. The van der Waals surface area contributed by atoms with Gasteiger partial charge in [0.2, 0.25) is 0 Å². The van der Waals surface area contributed by atoms with Crippen LogP contribution in [-0.2, 0) is 0 Å². The molecule has 2 atom stereocenters. The fourth-order valence-corrected chi connectivity index (χ4v) is 1.31. The van der Waals surface area contributed by atoms with Crippen molar-refractivity contribution in [3.05, 3.63) is 29.6 Å². The van der Waals surface area contributed by atoms with Crippen LogP contribution in [0.25, 0.3) is 0 Å². The molecule has 0 saturated heterocycles. The van der Waals surface area contributed by atoms with Crippen LogP contribution in [0, 0.1) is 5.82 Å². The van der Waals surface area contributed by atoms with E-state index in [4.69, 9.17) is 10.5 Å². The normalized spacial score (nSPS) is 14.7. The molecule has 0 spiro atoms. The zero-order valence-electron chi connectivity index (χ0n) is 8.35. The van der Waals surface area contributed by atoms with Crippen molar-refractivity contribution >= 4 is 0 Å². The van der Waals surface area contributed by atoms with Crippen molar-refractivity contribution < 1.29 is 19.3 Å². The maximum atomic E-state index is 13.2. The largest absolute Gasteiger partial charge is 0.493 e. The van der Waals surface area contributed by atoms with Crippen molar-refractivity contribution in [2.75, 3.05) is 13.7 Å². The molecule has 2 unspecified atom stereocenters. The Balaban J connectivity index is 3.07. The van der Waals surface area contributed by atoms with E-state index < -0.39 is 18.0 Å². The molecule has 0 aliphatic rings. The van der Waals surface area contributed by atoms with Gasteiger partial charge < -0.3 is 20.7 Å². The Hall–Kier alpha value is -1.17. The minimum atomic E-state index is -1.25. The lowest BCUT2D eigenvalue weighted by Gasteiger charge is -2.18. The van der Waals surface area contributed by atoms with E-state index in [1.54, 1.807) is 0 Å². The highest BCUT2D eigenvalue weighted by molar-refractivity contribution is 5.37. The fourth-order valence-electron chi connectivity index (χ4n) is 1.31. The smallest absolute Gasteiger partial charge is 0.165 e. The zero-order valence-corrected chi connectivity index (χ0v) is 8.35. The van der Waals surface area contributed by atoms with E-state index in [-0.39, 0.29) is 17.9 Å². The van der Waals surface area contributed by atoms with Gasteiger partial charge in [0, 0.05) is 12.1 Å². The lowest BCUT2D eigenvalue weighted by Crippen LogP contribution is -2.27. The van der Waals surface area contributed by atoms with Crippen molar-refractivity contribution in [3.63, 3.8) is 0 Å². The molecule has 0 saturated carbocycles. The summed E-state index contributed by atoms with van der Waals surface area (Å²) in [5.74, 6) is -0.657. The van der Waals surface area contributed by atoms with Gasteiger partial charge in [-0.05, 0) is 6.07 Å². The molecule has 0 aromatic heterocycles. The number of aliphatic hydroxyl groups excluding tert-OH is 2. The molecule has 1 aromatic carbocycles. The summed E-state index contributed by atoms with van der Waals surface area (Å²) in [6, 6.07) is 4.12. The van der Waals surface area contributed by atoms with Crippen LogP contribution < -0.4 is 10.5 Å². The molecule has 5 heteroatoms. The molecule has 4 nitrogen and oxygen atoms in total. The number of halogens is 1. The molecule has 15 heavy (non-hydrogen) atoms. The molecule has 84 valence electrons. The number of nitrogens with two attached hydrogens (primary N) is 1. The first kappa shape index (κ1) is 11.9. The van der Waals surface area contributed by atoms with E-state index in [1.807, 2.05) is 0 Å². The quantitative estimate of drug-likeness (QED) is 0.670. The molecule has 1 aromatic rings. The number of aliphatic hydroxyl groups is 2. The SMILES string of the molecule is COc1c(F)cccc1C(O)C(O)CN. The fraction of sp³-hybridized carbons (Fsp3) is 0.400. The van der Waals surface area contributed by atoms with Gasteiger partial charge in [0.05, 0.1) is 13.2 Å². The van der Waals surface area contributed by atoms with Gasteiger partial charge in [-0.15, -0.1) is 0 Å². The highest BCUT2D eigenvalue weighted by Crippen LogP contribution is 2.29. The Bertz CT molecular complexity index is 332. The summed E-state index contributed by atoms with van der Waals surface area (Å²) in [6.45, 7) is -0.110. The minimum absolute atomic E-state index is 0.0718. The molecular formula is C10H14FNO3. The molecule has 0 bridgehead atoms. The van der Waals surface area contributed by atoms with Crippen LogP contribution in [0.1, 0.15) is 11.7 Å². The predicted molar refractivity (Wildman–Crippen MR) is 53.0 cm³/mol. The van der Waals surface area contributed by atoms with Crippen molar-refractivity contribution in [1.82, 2.24) is 0 Å². The number of hydrogen-bond donors (Lipinski definition) is 3. The summed E-state index contributed by atoms with van der Waals surface area (Å²) in [6.07, 6.45) is -2.39. The van der Waals surface area contributed by atoms with E-state index in [0.717, 1.165) is 0 Å². The Kier molecular flexibility index (Phi) is 4.02. The molecule has 0 aliphatic carbocycles. The standard InChI is InChI=1S/C10H14FNO3/c1-15-10-6(3-2-4-7(10)11)9(14)8(13)5-12/h2-4,8-9,13-14H,5,12H2,1H3. The average molecular weight is 215 g/mol. The predicted octanol–water partition coefficient (Wildman–Crippen LogP) is 0.187. The van der Waals surface area contributed by atoms with Gasteiger partial charge in [-0.1, -0.05) is 12.1 Å². The maximum absolute atomic E-state index is 13.2. The summed E-state index contributed by atoms with van der Waals surface area (Å²) in [4.78, 5) is 0. The second-order valence-electron chi connectivity index (χ2n) is 3.11. The summed E-state index contributed by atoms with van der Waals surface area (Å²) in [7, 11) is 1.30. The van der Waals surface area contributed by atoms with Crippen molar-refractivity contribution in [2.45, 2.75) is 12.2 Å². The van der Waals surface area contributed by atoms with Gasteiger partial charge in [-0.2, -0.15) is 0 Å². The van der Waals surface area contributed by atoms with Gasteiger partial charge in [0.1, 0.15) is 6.10 Å². The Morgan fingerprint density at radius 2 is 2.13 bits per heavy atom. The maximum Gasteiger partial charge on any atom is 0.165 e. The average Bonchev–Trinajstić information content (AvgIpc) is 2.26. The molecule has 0 aliphatic heterocycles. The summed E-state index contributed by atoms with van der Waals surface area (Å²) < 4.78 is 18.0. The molecule has 0 amide bonds. The second kappa shape index (κ2) is 5.06. The van der Waals surface area contributed by atoms with Crippen LogP contribution in [0.5, 0.6) is 5.75 Å². The summed E-state index contributed by atoms with van der Waals surface area (Å²) >= 11 is 0. The van der Waals surface area contributed by atoms with Gasteiger partial charge in [-0.3, -0.25) is 0 Å². The van der Waals surface area contributed by atoms with Gasteiger partial charge >= 0.3 is 0 Å². The van der Waals surface area contributed by atoms with Crippen LogP contribution in [0.15, 0.2) is 18.2 Å². The lowest BCUT2D eigenvalue weighted by atomic mass is 10.0. The van der Waals surface area contributed by atoms with Gasteiger partial charge in [0.25, 0.3) is 0 Å². The first-order chi connectivity index (χ1) is 7.11. The highest BCUT2D eigenvalue weighted by Gasteiger charge is 2.22. The number of benzene rings is 1. The van der Waals surface area contributed by atoms with Gasteiger partial charge in [0.15, 0.2) is 11.6 Å². The van der Waals surface area contributed by atoms with Crippen molar-refractivity contribution in [3.8, 4) is 5.75 Å². The van der Waals surface area contributed by atoms with E-state index >= 15 is 0 Å². The third-order valence-electron chi connectivity index (χ3n) is 2.13. The number of hydrogen-bond acceptors (Lipinski definition) is 4. The van der Waals surface area contributed by atoms with E-state index in [1.165, 1.54) is 25.3 Å². The topological polar surface area (TPSA) is 75.7 Å². The Labute approximate surface area is 87.1 Å². The van der Waals surface area contributed by atoms with Crippen molar-refractivity contribution in [1.29, 1.82) is 0 Å². The monoisotopic (exact) mass is 215 g/mol. The molecule has 0 heterocycles.